The molecule has 3 rings (SSSR count). The van der Waals surface area contributed by atoms with Crippen LogP contribution in [0.2, 0.25) is 0 Å². The summed E-state index contributed by atoms with van der Waals surface area (Å²) in [7, 11) is 0. The van der Waals surface area contributed by atoms with E-state index in [4.69, 9.17) is 10.5 Å². The molecule has 1 aromatic carbocycles. The van der Waals surface area contributed by atoms with Crippen LogP contribution in [0.4, 0.5) is 5.69 Å². The number of ether oxygens (including phenoxy) is 1. The average molecular weight is 259 g/mol. The largest absolute Gasteiger partial charge is 0.399 e. The van der Waals surface area contributed by atoms with Crippen LogP contribution in [0.1, 0.15) is 32.1 Å². The van der Waals surface area contributed by atoms with E-state index in [0.29, 0.717) is 6.10 Å². The minimum atomic E-state index is 0.471. The average Bonchev–Trinajstić information content (AvgIpc) is 2.82. The number of nitrogen functional groups attached to an aromatic ring is 1. The minimum absolute atomic E-state index is 0.471. The first-order valence-corrected chi connectivity index (χ1v) is 7.15. The second-order valence-electron chi connectivity index (χ2n) is 5.32. The molecule has 1 aromatic heterocycles. The van der Waals surface area contributed by atoms with Gasteiger partial charge in [0.2, 0.25) is 0 Å². The molecule has 0 aliphatic heterocycles. The van der Waals surface area contributed by atoms with Gasteiger partial charge in [-0.25, -0.2) is 4.98 Å². The Kier molecular flexibility index (Phi) is 3.69. The van der Waals surface area contributed by atoms with Gasteiger partial charge in [-0.3, -0.25) is 0 Å². The van der Waals surface area contributed by atoms with Crippen LogP contribution in [-0.2, 0) is 11.3 Å². The quantitative estimate of drug-likeness (QED) is 0.859. The Hall–Kier alpha value is -1.55. The van der Waals surface area contributed by atoms with Gasteiger partial charge in [0.1, 0.15) is 0 Å². The summed E-state index contributed by atoms with van der Waals surface area (Å²) in [5.41, 5.74) is 8.60. The van der Waals surface area contributed by atoms with Gasteiger partial charge in [-0.2, -0.15) is 0 Å². The molecule has 0 spiro atoms. The van der Waals surface area contributed by atoms with Crippen LogP contribution in [0.3, 0.4) is 0 Å². The van der Waals surface area contributed by atoms with Crippen molar-refractivity contribution >= 4 is 16.7 Å². The normalized spacial score (nSPS) is 17.1. The first-order chi connectivity index (χ1) is 9.33. The molecule has 0 amide bonds. The number of hydrogen-bond acceptors (Lipinski definition) is 3. The number of anilines is 1. The summed E-state index contributed by atoms with van der Waals surface area (Å²) in [6, 6.07) is 5.86. The number of fused-ring (bicyclic) bond motifs is 1. The number of imidazole rings is 1. The Morgan fingerprint density at radius 2 is 2.11 bits per heavy atom. The Morgan fingerprint density at radius 3 is 2.95 bits per heavy atom. The zero-order chi connectivity index (χ0) is 13.1. The number of nitrogens with zero attached hydrogens (tertiary/aromatic N) is 2. The topological polar surface area (TPSA) is 53.1 Å². The maximum atomic E-state index is 5.96. The third-order valence-electron chi connectivity index (χ3n) is 3.88. The van der Waals surface area contributed by atoms with E-state index in [0.717, 1.165) is 29.9 Å². The van der Waals surface area contributed by atoms with Gasteiger partial charge in [-0.1, -0.05) is 19.3 Å². The Labute approximate surface area is 113 Å². The SMILES string of the molecule is Nc1ccc2c(c1)ncn2CCOC1CCCCC1. The summed E-state index contributed by atoms with van der Waals surface area (Å²) < 4.78 is 8.09. The molecule has 0 bridgehead atoms. The third kappa shape index (κ3) is 2.89. The van der Waals surface area contributed by atoms with E-state index < -0.39 is 0 Å². The number of rotatable bonds is 4. The van der Waals surface area contributed by atoms with Crippen molar-refractivity contribution in [2.75, 3.05) is 12.3 Å². The molecule has 0 unspecified atom stereocenters. The minimum Gasteiger partial charge on any atom is -0.399 e. The fourth-order valence-corrected chi connectivity index (χ4v) is 2.81. The highest BCUT2D eigenvalue weighted by Gasteiger charge is 2.13. The van der Waals surface area contributed by atoms with Gasteiger partial charge in [-0.15, -0.1) is 0 Å². The molecular weight excluding hydrogens is 238 g/mol. The lowest BCUT2D eigenvalue weighted by atomic mass is 9.98. The molecule has 2 aromatic rings. The Morgan fingerprint density at radius 1 is 1.26 bits per heavy atom. The molecular formula is C15H21N3O. The summed E-state index contributed by atoms with van der Waals surface area (Å²) in [4.78, 5) is 4.37. The van der Waals surface area contributed by atoms with Gasteiger partial charge >= 0.3 is 0 Å². The highest BCUT2D eigenvalue weighted by molar-refractivity contribution is 5.78. The van der Waals surface area contributed by atoms with E-state index in [9.17, 15) is 0 Å². The molecule has 4 nitrogen and oxygen atoms in total. The van der Waals surface area contributed by atoms with E-state index in [1.165, 1.54) is 32.1 Å². The zero-order valence-electron chi connectivity index (χ0n) is 11.2. The van der Waals surface area contributed by atoms with Gasteiger partial charge in [0.25, 0.3) is 0 Å². The van der Waals surface area contributed by atoms with Gasteiger partial charge in [-0.05, 0) is 31.0 Å². The summed E-state index contributed by atoms with van der Waals surface area (Å²) in [6.07, 6.45) is 8.79. The van der Waals surface area contributed by atoms with Crippen LogP contribution >= 0.6 is 0 Å². The fraction of sp³-hybridized carbons (Fsp3) is 0.533. The second-order valence-corrected chi connectivity index (χ2v) is 5.32. The van der Waals surface area contributed by atoms with Gasteiger partial charge < -0.3 is 15.0 Å². The van der Waals surface area contributed by atoms with Crippen molar-refractivity contribution in [1.82, 2.24) is 9.55 Å². The van der Waals surface area contributed by atoms with Crippen LogP contribution in [0.25, 0.3) is 11.0 Å². The highest BCUT2D eigenvalue weighted by atomic mass is 16.5. The lowest BCUT2D eigenvalue weighted by Crippen LogP contribution is -2.19. The lowest BCUT2D eigenvalue weighted by molar-refractivity contribution is 0.0244. The Balaban J connectivity index is 1.59. The lowest BCUT2D eigenvalue weighted by Gasteiger charge is -2.22. The Bertz CT molecular complexity index is 543. The van der Waals surface area contributed by atoms with Crippen LogP contribution in [0.5, 0.6) is 0 Å². The van der Waals surface area contributed by atoms with E-state index in [1.54, 1.807) is 0 Å². The molecule has 1 fully saturated rings. The van der Waals surface area contributed by atoms with E-state index >= 15 is 0 Å². The summed E-state index contributed by atoms with van der Waals surface area (Å²) in [5.74, 6) is 0. The molecule has 19 heavy (non-hydrogen) atoms. The van der Waals surface area contributed by atoms with Crippen molar-refractivity contribution in [3.05, 3.63) is 24.5 Å². The number of nitrogens with two attached hydrogens (primary N) is 1. The standard InChI is InChI=1S/C15H21N3O/c16-12-6-7-15-14(10-12)17-11-18(15)8-9-19-13-4-2-1-3-5-13/h6-7,10-11,13H,1-5,8-9,16H2. The van der Waals surface area contributed by atoms with Crippen molar-refractivity contribution in [3.8, 4) is 0 Å². The summed E-state index contributed by atoms with van der Waals surface area (Å²) in [6.45, 7) is 1.62. The first kappa shape index (κ1) is 12.5. The predicted molar refractivity (Wildman–Crippen MR) is 77.0 cm³/mol. The first-order valence-electron chi connectivity index (χ1n) is 7.15. The van der Waals surface area contributed by atoms with Gasteiger partial charge in [0, 0.05) is 12.2 Å². The van der Waals surface area contributed by atoms with E-state index in [2.05, 4.69) is 9.55 Å². The van der Waals surface area contributed by atoms with Crippen LogP contribution in [-0.4, -0.2) is 22.3 Å². The number of aromatic nitrogens is 2. The van der Waals surface area contributed by atoms with Crippen LogP contribution in [0, 0.1) is 0 Å². The van der Waals surface area contributed by atoms with Crippen molar-refractivity contribution in [3.63, 3.8) is 0 Å². The summed E-state index contributed by atoms with van der Waals surface area (Å²) >= 11 is 0. The molecule has 1 saturated carbocycles. The maximum Gasteiger partial charge on any atom is 0.0959 e. The number of hydrogen-bond donors (Lipinski definition) is 1. The smallest absolute Gasteiger partial charge is 0.0959 e. The monoisotopic (exact) mass is 259 g/mol. The summed E-state index contributed by atoms with van der Waals surface area (Å²) in [5, 5.41) is 0. The molecule has 0 saturated heterocycles. The third-order valence-corrected chi connectivity index (χ3v) is 3.88. The van der Waals surface area contributed by atoms with Crippen molar-refractivity contribution < 1.29 is 4.74 Å². The molecule has 0 radical (unpaired) electrons. The van der Waals surface area contributed by atoms with Crippen molar-refractivity contribution in [2.45, 2.75) is 44.8 Å². The van der Waals surface area contributed by atoms with Crippen LogP contribution < -0.4 is 5.73 Å². The number of benzene rings is 1. The van der Waals surface area contributed by atoms with E-state index in [-0.39, 0.29) is 0 Å². The van der Waals surface area contributed by atoms with Crippen molar-refractivity contribution in [1.29, 1.82) is 0 Å². The van der Waals surface area contributed by atoms with Crippen molar-refractivity contribution in [2.24, 2.45) is 0 Å². The van der Waals surface area contributed by atoms with Gasteiger partial charge in [0.05, 0.1) is 30.1 Å². The zero-order valence-corrected chi connectivity index (χ0v) is 11.2. The highest BCUT2D eigenvalue weighted by Crippen LogP contribution is 2.20. The maximum absolute atomic E-state index is 5.96. The molecule has 1 heterocycles. The van der Waals surface area contributed by atoms with Gasteiger partial charge in [0.15, 0.2) is 0 Å². The molecule has 2 N–H and O–H groups in total. The molecule has 4 heteroatoms. The second kappa shape index (κ2) is 5.61. The molecule has 1 aliphatic rings. The fourth-order valence-electron chi connectivity index (χ4n) is 2.81. The molecule has 1 aliphatic carbocycles. The molecule has 102 valence electrons. The van der Waals surface area contributed by atoms with Crippen LogP contribution in [0.15, 0.2) is 24.5 Å². The van der Waals surface area contributed by atoms with E-state index in [1.807, 2.05) is 24.5 Å². The molecule has 0 atom stereocenters. The predicted octanol–water partition coefficient (Wildman–Crippen LogP) is 2.97.